The fourth-order valence-corrected chi connectivity index (χ4v) is 2.01. The van der Waals surface area contributed by atoms with Crippen molar-refractivity contribution in [3.8, 4) is 5.75 Å². The summed E-state index contributed by atoms with van der Waals surface area (Å²) in [4.78, 5) is 12.3. The van der Waals surface area contributed by atoms with Crippen LogP contribution in [-0.4, -0.2) is 12.9 Å². The Morgan fingerprint density at radius 1 is 1.10 bits per heavy atom. The molecule has 0 fully saturated rings. The molecule has 0 atom stereocenters. The quantitative estimate of drug-likeness (QED) is 0.679. The van der Waals surface area contributed by atoms with Gasteiger partial charge >= 0.3 is 0 Å². The summed E-state index contributed by atoms with van der Waals surface area (Å²) in [6.07, 6.45) is 0. The van der Waals surface area contributed by atoms with E-state index in [-0.39, 0.29) is 17.4 Å². The topological polar surface area (TPSA) is 39.4 Å². The lowest BCUT2D eigenvalue weighted by molar-refractivity contribution is 0.101. The maximum atomic E-state index is 13.1. The van der Waals surface area contributed by atoms with Crippen LogP contribution in [0.25, 0.3) is 11.0 Å². The summed E-state index contributed by atoms with van der Waals surface area (Å²) in [5.74, 6) is 0.259. The Bertz CT molecular complexity index is 772. The van der Waals surface area contributed by atoms with Crippen molar-refractivity contribution in [1.82, 2.24) is 0 Å². The molecule has 0 amide bonds. The van der Waals surface area contributed by atoms with Crippen LogP contribution in [0.1, 0.15) is 16.1 Å². The van der Waals surface area contributed by atoms with Crippen LogP contribution >= 0.6 is 0 Å². The lowest BCUT2D eigenvalue weighted by Crippen LogP contribution is -1.99. The van der Waals surface area contributed by atoms with Crippen molar-refractivity contribution in [2.45, 2.75) is 0 Å². The van der Waals surface area contributed by atoms with Crippen molar-refractivity contribution >= 4 is 16.8 Å². The molecule has 3 aromatic rings. The monoisotopic (exact) mass is 270 g/mol. The van der Waals surface area contributed by atoms with E-state index >= 15 is 0 Å². The molecule has 0 saturated heterocycles. The highest BCUT2D eigenvalue weighted by molar-refractivity contribution is 6.09. The Balaban J connectivity index is 1.98. The molecule has 2 aromatic carbocycles. The maximum Gasteiger partial charge on any atom is 0.228 e. The van der Waals surface area contributed by atoms with Crippen molar-refractivity contribution in [2.24, 2.45) is 0 Å². The predicted octanol–water partition coefficient (Wildman–Crippen LogP) is 3.81. The number of hydrogen-bond acceptors (Lipinski definition) is 3. The first-order valence-corrected chi connectivity index (χ1v) is 6.05. The van der Waals surface area contributed by atoms with Crippen molar-refractivity contribution in [3.63, 3.8) is 0 Å². The van der Waals surface area contributed by atoms with Gasteiger partial charge in [-0.25, -0.2) is 4.39 Å². The minimum Gasteiger partial charge on any atom is -0.497 e. The summed E-state index contributed by atoms with van der Waals surface area (Å²) in [5.41, 5.74) is 0.980. The largest absolute Gasteiger partial charge is 0.497 e. The van der Waals surface area contributed by atoms with Gasteiger partial charge in [-0.1, -0.05) is 0 Å². The zero-order chi connectivity index (χ0) is 14.1. The summed E-state index contributed by atoms with van der Waals surface area (Å²) in [5, 5.41) is 0.571. The molecule has 4 heteroatoms. The molecule has 0 saturated carbocycles. The number of furan rings is 1. The molecular formula is C16H11FO3. The van der Waals surface area contributed by atoms with Gasteiger partial charge in [-0.05, 0) is 48.5 Å². The molecule has 0 bridgehead atoms. The first-order chi connectivity index (χ1) is 9.67. The third-order valence-corrected chi connectivity index (χ3v) is 3.05. The van der Waals surface area contributed by atoms with E-state index in [1.165, 1.54) is 18.2 Å². The van der Waals surface area contributed by atoms with Gasteiger partial charge in [-0.2, -0.15) is 0 Å². The molecule has 0 radical (unpaired) electrons. The lowest BCUT2D eigenvalue weighted by Gasteiger charge is -2.00. The molecule has 100 valence electrons. The number of halogens is 1. The van der Waals surface area contributed by atoms with E-state index < -0.39 is 0 Å². The molecule has 0 unspecified atom stereocenters. The Morgan fingerprint density at radius 2 is 1.85 bits per heavy atom. The van der Waals surface area contributed by atoms with Crippen LogP contribution < -0.4 is 4.74 Å². The Labute approximate surface area is 114 Å². The second-order valence-corrected chi connectivity index (χ2v) is 4.35. The third kappa shape index (κ3) is 2.16. The van der Waals surface area contributed by atoms with E-state index in [0.717, 1.165) is 0 Å². The van der Waals surface area contributed by atoms with Gasteiger partial charge in [-0.3, -0.25) is 4.79 Å². The standard InChI is InChI=1S/C16H11FO3/c1-19-13-5-2-10(3-6-13)16(18)15-9-11-8-12(17)4-7-14(11)20-15/h2-9H,1H3. The number of benzene rings is 2. The molecule has 20 heavy (non-hydrogen) atoms. The van der Waals surface area contributed by atoms with Gasteiger partial charge in [0.25, 0.3) is 0 Å². The highest BCUT2D eigenvalue weighted by Crippen LogP contribution is 2.23. The molecule has 0 spiro atoms. The second kappa shape index (κ2) is 4.81. The summed E-state index contributed by atoms with van der Waals surface area (Å²) < 4.78 is 23.6. The van der Waals surface area contributed by atoms with Gasteiger partial charge in [-0.15, -0.1) is 0 Å². The zero-order valence-corrected chi connectivity index (χ0v) is 10.7. The van der Waals surface area contributed by atoms with Crippen LogP contribution in [-0.2, 0) is 0 Å². The van der Waals surface area contributed by atoms with Crippen LogP contribution in [0.4, 0.5) is 4.39 Å². The van der Waals surface area contributed by atoms with Crippen molar-refractivity contribution < 1.29 is 18.3 Å². The summed E-state index contributed by atoms with van der Waals surface area (Å²) in [7, 11) is 1.56. The second-order valence-electron chi connectivity index (χ2n) is 4.35. The average Bonchev–Trinajstić information content (AvgIpc) is 2.89. The fourth-order valence-electron chi connectivity index (χ4n) is 2.01. The number of fused-ring (bicyclic) bond motifs is 1. The first-order valence-electron chi connectivity index (χ1n) is 6.05. The zero-order valence-electron chi connectivity index (χ0n) is 10.7. The van der Waals surface area contributed by atoms with E-state index in [0.29, 0.717) is 22.3 Å². The normalized spacial score (nSPS) is 10.7. The molecule has 0 aliphatic rings. The SMILES string of the molecule is COc1ccc(C(=O)c2cc3cc(F)ccc3o2)cc1. The Hall–Kier alpha value is -2.62. The third-order valence-electron chi connectivity index (χ3n) is 3.05. The molecule has 0 aliphatic heterocycles. The first kappa shape index (κ1) is 12.4. The Morgan fingerprint density at radius 3 is 2.55 bits per heavy atom. The van der Waals surface area contributed by atoms with Crippen molar-refractivity contribution in [2.75, 3.05) is 7.11 Å². The number of ether oxygens (including phenoxy) is 1. The van der Waals surface area contributed by atoms with Gasteiger partial charge in [0.2, 0.25) is 5.78 Å². The fraction of sp³-hybridized carbons (Fsp3) is 0.0625. The van der Waals surface area contributed by atoms with Crippen LogP contribution in [0.5, 0.6) is 5.75 Å². The molecule has 3 rings (SSSR count). The van der Waals surface area contributed by atoms with E-state index in [1.807, 2.05) is 0 Å². The van der Waals surface area contributed by atoms with Crippen molar-refractivity contribution in [3.05, 3.63) is 65.7 Å². The maximum absolute atomic E-state index is 13.1. The van der Waals surface area contributed by atoms with E-state index in [9.17, 15) is 9.18 Å². The number of rotatable bonds is 3. The highest BCUT2D eigenvalue weighted by atomic mass is 19.1. The van der Waals surface area contributed by atoms with Gasteiger partial charge < -0.3 is 9.15 Å². The van der Waals surface area contributed by atoms with Crippen molar-refractivity contribution in [1.29, 1.82) is 0 Å². The average molecular weight is 270 g/mol. The number of carbonyl (C=O) groups is 1. The number of carbonyl (C=O) groups excluding carboxylic acids is 1. The Kier molecular flexibility index (Phi) is 2.99. The minimum atomic E-state index is -0.359. The van der Waals surface area contributed by atoms with E-state index in [1.54, 1.807) is 37.4 Å². The lowest BCUT2D eigenvalue weighted by atomic mass is 10.1. The molecule has 0 aliphatic carbocycles. The summed E-state index contributed by atoms with van der Waals surface area (Å²) in [6.45, 7) is 0. The predicted molar refractivity (Wildman–Crippen MR) is 72.6 cm³/mol. The number of methoxy groups -OCH3 is 1. The highest BCUT2D eigenvalue weighted by Gasteiger charge is 2.15. The summed E-state index contributed by atoms with van der Waals surface area (Å²) in [6, 6.07) is 12.4. The smallest absolute Gasteiger partial charge is 0.228 e. The minimum absolute atomic E-state index is 0.191. The van der Waals surface area contributed by atoms with Gasteiger partial charge in [0.15, 0.2) is 5.76 Å². The molecule has 1 heterocycles. The van der Waals surface area contributed by atoms with E-state index in [4.69, 9.17) is 9.15 Å². The number of hydrogen-bond donors (Lipinski definition) is 0. The molecule has 3 nitrogen and oxygen atoms in total. The molecular weight excluding hydrogens is 259 g/mol. The van der Waals surface area contributed by atoms with Crippen LogP contribution in [0.3, 0.4) is 0 Å². The van der Waals surface area contributed by atoms with Gasteiger partial charge in [0.05, 0.1) is 7.11 Å². The number of ketones is 1. The van der Waals surface area contributed by atoms with Crippen LogP contribution in [0.15, 0.2) is 52.9 Å². The molecule has 1 aromatic heterocycles. The molecule has 0 N–H and O–H groups in total. The summed E-state index contributed by atoms with van der Waals surface area (Å²) >= 11 is 0. The van der Waals surface area contributed by atoms with Gasteiger partial charge in [0, 0.05) is 10.9 Å². The van der Waals surface area contributed by atoms with E-state index in [2.05, 4.69) is 0 Å². The van der Waals surface area contributed by atoms with Crippen LogP contribution in [0.2, 0.25) is 0 Å². The van der Waals surface area contributed by atoms with Gasteiger partial charge in [0.1, 0.15) is 17.1 Å². The van der Waals surface area contributed by atoms with Crippen LogP contribution in [0, 0.1) is 5.82 Å².